The van der Waals surface area contributed by atoms with E-state index in [1.54, 1.807) is 19.1 Å². The number of aliphatic hydroxyl groups is 2. The average Bonchev–Trinajstić information content (AvgIpc) is 2.27. The molecule has 0 aliphatic rings. The van der Waals surface area contributed by atoms with Gasteiger partial charge in [0, 0.05) is 5.56 Å². The van der Waals surface area contributed by atoms with Crippen molar-refractivity contribution in [3.63, 3.8) is 0 Å². The second-order valence-electron chi connectivity index (χ2n) is 3.92. The molecule has 1 amide bonds. The van der Waals surface area contributed by atoms with Gasteiger partial charge in [0.1, 0.15) is 12.4 Å². The maximum Gasteiger partial charge on any atom is 0.220 e. The molecular weight excluding hydrogens is 222 g/mol. The van der Waals surface area contributed by atoms with Crippen molar-refractivity contribution >= 4 is 12.2 Å². The summed E-state index contributed by atoms with van der Waals surface area (Å²) in [5.74, 6) is -0.682. The zero-order chi connectivity index (χ0) is 13.0. The van der Waals surface area contributed by atoms with Crippen molar-refractivity contribution in [1.82, 2.24) is 0 Å². The zero-order valence-corrected chi connectivity index (χ0v) is 9.46. The monoisotopic (exact) mass is 237 g/mol. The average molecular weight is 237 g/mol. The largest absolute Gasteiger partial charge is 0.390 e. The lowest BCUT2D eigenvalue weighted by Crippen LogP contribution is -2.26. The molecular formula is C12H15NO4. The molecule has 4 N–H and O–H groups in total. The van der Waals surface area contributed by atoms with Crippen LogP contribution in [-0.4, -0.2) is 28.5 Å². The molecule has 0 saturated heterocycles. The van der Waals surface area contributed by atoms with Crippen LogP contribution >= 0.6 is 0 Å². The van der Waals surface area contributed by atoms with E-state index in [0.29, 0.717) is 23.0 Å². The van der Waals surface area contributed by atoms with Crippen LogP contribution in [0.1, 0.15) is 34.0 Å². The summed E-state index contributed by atoms with van der Waals surface area (Å²) in [5, 5.41) is 19.4. The van der Waals surface area contributed by atoms with Gasteiger partial charge in [-0.3, -0.25) is 9.59 Å². The topological polar surface area (TPSA) is 101 Å². The molecule has 0 heterocycles. The molecule has 5 nitrogen and oxygen atoms in total. The van der Waals surface area contributed by atoms with Gasteiger partial charge in [0.05, 0.1) is 12.5 Å². The molecule has 0 aliphatic heterocycles. The third-order valence-electron chi connectivity index (χ3n) is 2.52. The molecule has 5 heteroatoms. The fourth-order valence-corrected chi connectivity index (χ4v) is 1.63. The van der Waals surface area contributed by atoms with E-state index in [0.717, 1.165) is 0 Å². The van der Waals surface area contributed by atoms with Gasteiger partial charge in [-0.05, 0) is 24.1 Å². The molecule has 0 spiro atoms. The predicted molar refractivity (Wildman–Crippen MR) is 61.3 cm³/mol. The smallest absolute Gasteiger partial charge is 0.220 e. The van der Waals surface area contributed by atoms with Gasteiger partial charge in [0.2, 0.25) is 5.91 Å². The zero-order valence-electron chi connectivity index (χ0n) is 9.46. The second kappa shape index (κ2) is 5.56. The molecule has 92 valence electrons. The number of aliphatic hydroxyl groups excluding tert-OH is 2. The molecule has 0 saturated carbocycles. The normalized spacial score (nSPS) is 14.1. The van der Waals surface area contributed by atoms with Gasteiger partial charge >= 0.3 is 0 Å². The van der Waals surface area contributed by atoms with Crippen LogP contribution in [0.15, 0.2) is 18.2 Å². The number of primary amides is 1. The van der Waals surface area contributed by atoms with Crippen molar-refractivity contribution in [2.75, 3.05) is 0 Å². The quantitative estimate of drug-likeness (QED) is 0.631. The fraction of sp³-hybridized carbons (Fsp3) is 0.333. The van der Waals surface area contributed by atoms with Gasteiger partial charge in [0.15, 0.2) is 0 Å². The van der Waals surface area contributed by atoms with Gasteiger partial charge in [-0.2, -0.15) is 0 Å². The minimum Gasteiger partial charge on any atom is -0.390 e. The third kappa shape index (κ3) is 3.37. The Morgan fingerprint density at radius 1 is 1.47 bits per heavy atom. The molecule has 0 fully saturated rings. The van der Waals surface area contributed by atoms with Crippen LogP contribution in [0.2, 0.25) is 0 Å². The Kier molecular flexibility index (Phi) is 4.37. The fourth-order valence-electron chi connectivity index (χ4n) is 1.63. The summed E-state index contributed by atoms with van der Waals surface area (Å²) in [4.78, 5) is 21.2. The van der Waals surface area contributed by atoms with Gasteiger partial charge in [-0.25, -0.2) is 0 Å². The number of nitrogens with two attached hydrogens (primary N) is 1. The molecule has 0 aliphatic carbocycles. The molecule has 1 aromatic rings. The van der Waals surface area contributed by atoms with Crippen LogP contribution in [0.4, 0.5) is 0 Å². The summed E-state index contributed by atoms with van der Waals surface area (Å²) in [6.07, 6.45) is -2.05. The highest BCUT2D eigenvalue weighted by molar-refractivity contribution is 5.75. The Morgan fingerprint density at radius 2 is 2.12 bits per heavy atom. The van der Waals surface area contributed by atoms with Gasteiger partial charge < -0.3 is 15.9 Å². The van der Waals surface area contributed by atoms with Crippen LogP contribution in [0.25, 0.3) is 0 Å². The number of carbonyl (C=O) groups excluding carboxylic acids is 2. The minimum atomic E-state index is -1.24. The van der Waals surface area contributed by atoms with Crippen molar-refractivity contribution < 1.29 is 19.8 Å². The summed E-state index contributed by atoms with van der Waals surface area (Å²) in [5.41, 5.74) is 6.57. The Bertz CT molecular complexity index is 431. The van der Waals surface area contributed by atoms with Gasteiger partial charge in [0.25, 0.3) is 0 Å². The molecule has 1 aromatic carbocycles. The van der Waals surface area contributed by atoms with E-state index in [4.69, 9.17) is 5.73 Å². The number of amides is 1. The number of carbonyl (C=O) groups is 2. The first-order valence-electron chi connectivity index (χ1n) is 5.16. The Labute approximate surface area is 98.9 Å². The van der Waals surface area contributed by atoms with Crippen LogP contribution in [-0.2, 0) is 4.79 Å². The van der Waals surface area contributed by atoms with E-state index >= 15 is 0 Å². The highest BCUT2D eigenvalue weighted by atomic mass is 16.3. The Hall–Kier alpha value is -1.72. The van der Waals surface area contributed by atoms with Crippen molar-refractivity contribution in [2.24, 2.45) is 5.73 Å². The first kappa shape index (κ1) is 13.3. The standard InChI is InChI=1S/C12H15NO4/c1-7-4-8(6-14)2-3-9(7)12(17)10(15)5-11(13)16/h2-4,6,10,12,15,17H,5H2,1H3,(H2,13,16). The van der Waals surface area contributed by atoms with Gasteiger partial charge in [-0.15, -0.1) is 0 Å². The number of aryl methyl sites for hydroxylation is 1. The van der Waals surface area contributed by atoms with Gasteiger partial charge in [-0.1, -0.05) is 12.1 Å². The molecule has 1 rings (SSSR count). The van der Waals surface area contributed by atoms with Crippen molar-refractivity contribution in [3.05, 3.63) is 34.9 Å². The lowest BCUT2D eigenvalue weighted by molar-refractivity contribution is -0.121. The molecule has 0 aromatic heterocycles. The maximum absolute atomic E-state index is 10.6. The number of hydrogen-bond acceptors (Lipinski definition) is 4. The molecule has 0 radical (unpaired) electrons. The summed E-state index contributed by atoms with van der Waals surface area (Å²) in [6.45, 7) is 1.71. The molecule has 17 heavy (non-hydrogen) atoms. The Balaban J connectivity index is 2.92. The second-order valence-corrected chi connectivity index (χ2v) is 3.92. The van der Waals surface area contributed by atoms with Crippen LogP contribution in [0, 0.1) is 6.92 Å². The Morgan fingerprint density at radius 3 is 2.59 bits per heavy atom. The predicted octanol–water partition coefficient (Wildman–Crippen LogP) is 0.0772. The first-order chi connectivity index (χ1) is 7.95. The minimum absolute atomic E-state index is 0.309. The van der Waals surface area contributed by atoms with Crippen LogP contribution in [0.3, 0.4) is 0 Å². The van der Waals surface area contributed by atoms with Crippen molar-refractivity contribution in [3.8, 4) is 0 Å². The van der Waals surface area contributed by atoms with Crippen LogP contribution < -0.4 is 5.73 Å². The number of hydrogen-bond donors (Lipinski definition) is 3. The summed E-state index contributed by atoms with van der Waals surface area (Å²) >= 11 is 0. The maximum atomic E-state index is 10.6. The number of benzene rings is 1. The number of aldehydes is 1. The summed E-state index contributed by atoms with van der Waals surface area (Å²) < 4.78 is 0. The van der Waals surface area contributed by atoms with E-state index < -0.39 is 18.1 Å². The van der Waals surface area contributed by atoms with E-state index in [2.05, 4.69) is 0 Å². The van der Waals surface area contributed by atoms with Crippen LogP contribution in [0.5, 0.6) is 0 Å². The van der Waals surface area contributed by atoms with Crippen molar-refractivity contribution in [1.29, 1.82) is 0 Å². The molecule has 0 bridgehead atoms. The molecule has 2 unspecified atom stereocenters. The SMILES string of the molecule is Cc1cc(C=O)ccc1C(O)C(O)CC(N)=O. The van der Waals surface area contributed by atoms with E-state index in [-0.39, 0.29) is 6.42 Å². The van der Waals surface area contributed by atoms with E-state index in [1.165, 1.54) is 6.07 Å². The first-order valence-corrected chi connectivity index (χ1v) is 5.16. The van der Waals surface area contributed by atoms with E-state index in [1.807, 2.05) is 0 Å². The van der Waals surface area contributed by atoms with E-state index in [9.17, 15) is 19.8 Å². The number of rotatable bonds is 5. The summed E-state index contributed by atoms with van der Waals surface area (Å²) in [7, 11) is 0. The highest BCUT2D eigenvalue weighted by Gasteiger charge is 2.21. The lowest BCUT2D eigenvalue weighted by atomic mass is 9.96. The lowest BCUT2D eigenvalue weighted by Gasteiger charge is -2.18. The molecule has 2 atom stereocenters. The van der Waals surface area contributed by atoms with Crippen molar-refractivity contribution in [2.45, 2.75) is 25.6 Å². The third-order valence-corrected chi connectivity index (χ3v) is 2.52. The highest BCUT2D eigenvalue weighted by Crippen LogP contribution is 2.22. The summed E-state index contributed by atoms with van der Waals surface area (Å²) in [6, 6.07) is 4.69.